The van der Waals surface area contributed by atoms with Crippen LogP contribution in [0.15, 0.2) is 24.5 Å². The number of hydrogen-bond donors (Lipinski definition) is 0. The summed E-state index contributed by atoms with van der Waals surface area (Å²) in [7, 11) is 1.81. The second kappa shape index (κ2) is 6.20. The number of likely N-dealkylation sites (tertiary alicyclic amines) is 1. The van der Waals surface area contributed by atoms with Gasteiger partial charge in [-0.15, -0.1) is 0 Å². The van der Waals surface area contributed by atoms with Crippen molar-refractivity contribution in [3.8, 4) is 0 Å². The summed E-state index contributed by atoms with van der Waals surface area (Å²) in [6.07, 6.45) is 7.62. The zero-order valence-corrected chi connectivity index (χ0v) is 12.3. The van der Waals surface area contributed by atoms with Crippen molar-refractivity contribution in [1.82, 2.24) is 9.88 Å². The van der Waals surface area contributed by atoms with E-state index >= 15 is 0 Å². The molecule has 0 N–H and O–H groups in total. The highest BCUT2D eigenvalue weighted by Gasteiger charge is 2.45. The summed E-state index contributed by atoms with van der Waals surface area (Å²) >= 11 is 0. The van der Waals surface area contributed by atoms with Crippen LogP contribution in [-0.2, 0) is 16.0 Å². The normalized spacial score (nSPS) is 30.9. The van der Waals surface area contributed by atoms with Gasteiger partial charge in [0.15, 0.2) is 0 Å². The lowest BCUT2D eigenvalue weighted by Crippen LogP contribution is -2.56. The van der Waals surface area contributed by atoms with Gasteiger partial charge in [-0.2, -0.15) is 0 Å². The van der Waals surface area contributed by atoms with Gasteiger partial charge in [0.05, 0.1) is 12.7 Å². The van der Waals surface area contributed by atoms with Crippen LogP contribution >= 0.6 is 0 Å². The van der Waals surface area contributed by atoms with Crippen LogP contribution in [0.4, 0.5) is 0 Å². The lowest BCUT2D eigenvalue weighted by Gasteiger charge is -2.50. The van der Waals surface area contributed by atoms with E-state index in [0.717, 1.165) is 45.7 Å². The van der Waals surface area contributed by atoms with Crippen LogP contribution in [0.2, 0.25) is 0 Å². The number of aromatic nitrogens is 1. The van der Waals surface area contributed by atoms with Crippen LogP contribution in [0.25, 0.3) is 0 Å². The fourth-order valence-corrected chi connectivity index (χ4v) is 3.76. The average molecular weight is 276 g/mol. The third kappa shape index (κ3) is 2.87. The first-order valence-electron chi connectivity index (χ1n) is 7.54. The van der Waals surface area contributed by atoms with Crippen LogP contribution in [0, 0.1) is 5.41 Å². The molecule has 110 valence electrons. The van der Waals surface area contributed by atoms with Crippen LogP contribution in [0.1, 0.15) is 24.8 Å². The molecule has 2 atom stereocenters. The first-order chi connectivity index (χ1) is 9.82. The van der Waals surface area contributed by atoms with Crippen molar-refractivity contribution < 1.29 is 9.47 Å². The van der Waals surface area contributed by atoms with Crippen LogP contribution < -0.4 is 0 Å². The lowest BCUT2D eigenvalue weighted by molar-refractivity contribution is -0.149. The number of fused-ring (bicyclic) bond motifs is 1. The Balaban J connectivity index is 1.70. The standard InChI is InChI=1S/C16H24N2O2/c1-19-13-16-6-2-10-20-15(16)5-9-18(12-16)11-14-3-7-17-8-4-14/h3-4,7-8,15H,2,5-6,9-13H2,1H3/t15-,16-/m1/s1. The van der Waals surface area contributed by atoms with E-state index in [2.05, 4.69) is 22.0 Å². The number of pyridine rings is 1. The molecule has 0 amide bonds. The van der Waals surface area contributed by atoms with Gasteiger partial charge in [-0.25, -0.2) is 0 Å². The van der Waals surface area contributed by atoms with Gasteiger partial charge < -0.3 is 9.47 Å². The Kier molecular flexibility index (Phi) is 4.34. The van der Waals surface area contributed by atoms with E-state index in [1.165, 1.54) is 12.0 Å². The van der Waals surface area contributed by atoms with E-state index in [4.69, 9.17) is 9.47 Å². The van der Waals surface area contributed by atoms with Crippen molar-refractivity contribution in [3.05, 3.63) is 30.1 Å². The third-order valence-electron chi connectivity index (χ3n) is 4.65. The van der Waals surface area contributed by atoms with Gasteiger partial charge in [-0.3, -0.25) is 9.88 Å². The number of piperidine rings is 1. The molecule has 0 radical (unpaired) electrons. The van der Waals surface area contributed by atoms with Gasteiger partial charge in [0.1, 0.15) is 0 Å². The minimum Gasteiger partial charge on any atom is -0.384 e. The molecule has 3 rings (SSSR count). The number of methoxy groups -OCH3 is 1. The molecule has 0 saturated carbocycles. The molecular formula is C16H24N2O2. The first kappa shape index (κ1) is 14.0. The van der Waals surface area contributed by atoms with Crippen LogP contribution in [0.5, 0.6) is 0 Å². The zero-order chi connectivity index (χ0) is 13.8. The van der Waals surface area contributed by atoms with Crippen molar-refractivity contribution in [2.75, 3.05) is 33.4 Å². The average Bonchev–Trinajstić information content (AvgIpc) is 2.48. The molecule has 1 aromatic heterocycles. The smallest absolute Gasteiger partial charge is 0.0677 e. The molecule has 20 heavy (non-hydrogen) atoms. The number of rotatable bonds is 4. The van der Waals surface area contributed by atoms with E-state index in [1.54, 1.807) is 0 Å². The summed E-state index contributed by atoms with van der Waals surface area (Å²) in [5, 5.41) is 0. The lowest BCUT2D eigenvalue weighted by atomic mass is 9.73. The highest BCUT2D eigenvalue weighted by Crippen LogP contribution is 2.40. The summed E-state index contributed by atoms with van der Waals surface area (Å²) in [4.78, 5) is 6.63. The monoisotopic (exact) mass is 276 g/mol. The second-order valence-corrected chi connectivity index (χ2v) is 6.11. The Morgan fingerprint density at radius 3 is 3.10 bits per heavy atom. The fourth-order valence-electron chi connectivity index (χ4n) is 3.76. The van der Waals surface area contributed by atoms with Crippen molar-refractivity contribution >= 4 is 0 Å². The number of nitrogens with zero attached hydrogens (tertiary/aromatic N) is 2. The van der Waals surface area contributed by atoms with E-state index in [1.807, 2.05) is 19.5 Å². The largest absolute Gasteiger partial charge is 0.384 e. The minimum absolute atomic E-state index is 0.193. The quantitative estimate of drug-likeness (QED) is 0.843. The van der Waals surface area contributed by atoms with Crippen molar-refractivity contribution in [2.45, 2.75) is 31.9 Å². The van der Waals surface area contributed by atoms with Crippen molar-refractivity contribution in [1.29, 1.82) is 0 Å². The summed E-state index contributed by atoms with van der Waals surface area (Å²) in [6.45, 7) is 4.91. The molecule has 0 bridgehead atoms. The summed E-state index contributed by atoms with van der Waals surface area (Å²) in [5.41, 5.74) is 1.53. The topological polar surface area (TPSA) is 34.6 Å². The molecular weight excluding hydrogens is 252 g/mol. The van der Waals surface area contributed by atoms with Crippen molar-refractivity contribution in [2.24, 2.45) is 5.41 Å². The molecule has 4 nitrogen and oxygen atoms in total. The molecule has 2 aliphatic heterocycles. The molecule has 2 fully saturated rings. The molecule has 4 heteroatoms. The minimum atomic E-state index is 0.193. The third-order valence-corrected chi connectivity index (χ3v) is 4.65. The maximum atomic E-state index is 6.02. The Hall–Kier alpha value is -0.970. The Bertz CT molecular complexity index is 422. The highest BCUT2D eigenvalue weighted by atomic mass is 16.5. The predicted octanol–water partition coefficient (Wildman–Crippen LogP) is 2.10. The molecule has 1 aromatic rings. The zero-order valence-electron chi connectivity index (χ0n) is 12.3. The van der Waals surface area contributed by atoms with Gasteiger partial charge in [0.2, 0.25) is 0 Å². The molecule has 3 heterocycles. The summed E-state index contributed by atoms with van der Waals surface area (Å²) in [6, 6.07) is 4.21. The first-order valence-corrected chi connectivity index (χ1v) is 7.54. The van der Waals surface area contributed by atoms with Crippen LogP contribution in [-0.4, -0.2) is 49.4 Å². The molecule has 0 aliphatic carbocycles. The van der Waals surface area contributed by atoms with Gasteiger partial charge >= 0.3 is 0 Å². The molecule has 0 aromatic carbocycles. The van der Waals surface area contributed by atoms with Gasteiger partial charge in [-0.1, -0.05) is 0 Å². The van der Waals surface area contributed by atoms with Gasteiger partial charge in [0.25, 0.3) is 0 Å². The van der Waals surface area contributed by atoms with Crippen molar-refractivity contribution in [3.63, 3.8) is 0 Å². The van der Waals surface area contributed by atoms with Gasteiger partial charge in [0, 0.05) is 51.2 Å². The maximum absolute atomic E-state index is 6.02. The highest BCUT2D eigenvalue weighted by molar-refractivity contribution is 5.10. The molecule has 0 spiro atoms. The van der Waals surface area contributed by atoms with E-state index < -0.39 is 0 Å². The van der Waals surface area contributed by atoms with Gasteiger partial charge in [-0.05, 0) is 37.0 Å². The van der Waals surface area contributed by atoms with E-state index in [-0.39, 0.29) is 5.41 Å². The second-order valence-electron chi connectivity index (χ2n) is 6.11. The Labute approximate surface area is 121 Å². The predicted molar refractivity (Wildman–Crippen MR) is 77.4 cm³/mol. The van der Waals surface area contributed by atoms with E-state index in [9.17, 15) is 0 Å². The van der Waals surface area contributed by atoms with Crippen LogP contribution in [0.3, 0.4) is 0 Å². The molecule has 2 aliphatic rings. The number of hydrogen-bond acceptors (Lipinski definition) is 4. The fraction of sp³-hybridized carbons (Fsp3) is 0.688. The summed E-state index contributed by atoms with van der Waals surface area (Å²) in [5.74, 6) is 0. The molecule has 2 saturated heterocycles. The maximum Gasteiger partial charge on any atom is 0.0677 e. The Morgan fingerprint density at radius 1 is 1.45 bits per heavy atom. The van der Waals surface area contributed by atoms with E-state index in [0.29, 0.717) is 6.10 Å². The number of ether oxygens (including phenoxy) is 2. The Morgan fingerprint density at radius 2 is 2.30 bits per heavy atom. The summed E-state index contributed by atoms with van der Waals surface area (Å²) < 4.78 is 11.5. The molecule has 0 unspecified atom stereocenters. The SMILES string of the molecule is COC[C@]12CCCO[C@@H]1CCN(Cc1ccncc1)C2.